The van der Waals surface area contributed by atoms with Crippen LogP contribution in [0, 0.1) is 6.92 Å². The number of nitrogens with zero attached hydrogens (tertiary/aromatic N) is 4. The van der Waals surface area contributed by atoms with E-state index >= 15 is 0 Å². The summed E-state index contributed by atoms with van der Waals surface area (Å²) in [6.07, 6.45) is 3.55. The molecule has 0 aliphatic heterocycles. The lowest BCUT2D eigenvalue weighted by molar-refractivity contribution is 0.527. The van der Waals surface area contributed by atoms with Gasteiger partial charge in [-0.2, -0.15) is 4.98 Å². The highest BCUT2D eigenvalue weighted by Crippen LogP contribution is 2.39. The third-order valence-corrected chi connectivity index (χ3v) is 3.71. The largest absolute Gasteiger partial charge is 0.427 e. The van der Waals surface area contributed by atoms with Crippen LogP contribution in [0.5, 0.6) is 0 Å². The molecule has 0 atom stereocenters. The van der Waals surface area contributed by atoms with Crippen molar-refractivity contribution in [1.82, 2.24) is 19.5 Å². The maximum atomic E-state index is 12.2. The molecule has 3 heterocycles. The van der Waals surface area contributed by atoms with Gasteiger partial charge in [-0.05, 0) is 31.9 Å². The molecule has 1 aliphatic rings. The highest BCUT2D eigenvalue weighted by Gasteiger charge is 2.26. The van der Waals surface area contributed by atoms with E-state index in [1.165, 1.54) is 11.0 Å². The molecule has 4 rings (SSSR count). The van der Waals surface area contributed by atoms with Gasteiger partial charge in [0.15, 0.2) is 12.0 Å². The van der Waals surface area contributed by atoms with Crippen molar-refractivity contribution in [3.63, 3.8) is 0 Å². The van der Waals surface area contributed by atoms with Gasteiger partial charge >= 0.3 is 5.69 Å². The standard InChI is InChI=1S/C14H13N5O2/c1-7-13(21-6-16-7)19-12-9(11(15)18-14(19)20)4-5-10(17-12)8-2-3-8/h4-6,8H,2-3H2,1H3,(H2,15,18,20). The van der Waals surface area contributed by atoms with E-state index in [4.69, 9.17) is 10.2 Å². The molecule has 0 amide bonds. The molecule has 21 heavy (non-hydrogen) atoms. The minimum Gasteiger partial charge on any atom is -0.427 e. The second kappa shape index (κ2) is 4.15. The minimum atomic E-state index is -0.514. The molecule has 1 saturated carbocycles. The summed E-state index contributed by atoms with van der Waals surface area (Å²) in [4.78, 5) is 24.7. The van der Waals surface area contributed by atoms with Gasteiger partial charge in [-0.3, -0.25) is 0 Å². The Kier molecular flexibility index (Phi) is 2.38. The van der Waals surface area contributed by atoms with Crippen molar-refractivity contribution >= 4 is 16.9 Å². The fourth-order valence-corrected chi connectivity index (χ4v) is 2.44. The number of aryl methyl sites for hydroxylation is 1. The average molecular weight is 283 g/mol. The lowest BCUT2D eigenvalue weighted by atomic mass is 10.2. The van der Waals surface area contributed by atoms with Crippen molar-refractivity contribution < 1.29 is 4.42 Å². The van der Waals surface area contributed by atoms with E-state index in [9.17, 15) is 4.79 Å². The van der Waals surface area contributed by atoms with Crippen LogP contribution in [0.3, 0.4) is 0 Å². The average Bonchev–Trinajstić information content (AvgIpc) is 3.23. The van der Waals surface area contributed by atoms with E-state index in [0.29, 0.717) is 28.5 Å². The molecule has 2 N–H and O–H groups in total. The van der Waals surface area contributed by atoms with Gasteiger partial charge in [0.2, 0.25) is 5.88 Å². The minimum absolute atomic E-state index is 0.179. The number of rotatable bonds is 2. The van der Waals surface area contributed by atoms with Crippen LogP contribution in [-0.2, 0) is 0 Å². The molecule has 0 spiro atoms. The molecule has 1 fully saturated rings. The van der Waals surface area contributed by atoms with Gasteiger partial charge in [-0.25, -0.2) is 19.3 Å². The van der Waals surface area contributed by atoms with Gasteiger partial charge < -0.3 is 10.2 Å². The Hall–Kier alpha value is -2.70. The predicted molar refractivity (Wildman–Crippen MR) is 76.3 cm³/mol. The fraction of sp³-hybridized carbons (Fsp3) is 0.286. The summed E-state index contributed by atoms with van der Waals surface area (Å²) in [7, 11) is 0. The molecular weight excluding hydrogens is 270 g/mol. The summed E-state index contributed by atoms with van der Waals surface area (Å²) in [6, 6.07) is 3.81. The van der Waals surface area contributed by atoms with Crippen LogP contribution in [0.15, 0.2) is 27.7 Å². The van der Waals surface area contributed by atoms with E-state index in [-0.39, 0.29) is 5.82 Å². The Balaban J connectivity index is 2.10. The monoisotopic (exact) mass is 283 g/mol. The van der Waals surface area contributed by atoms with Crippen LogP contribution in [0.2, 0.25) is 0 Å². The van der Waals surface area contributed by atoms with Crippen LogP contribution < -0.4 is 11.4 Å². The first kappa shape index (κ1) is 12.1. The fourth-order valence-electron chi connectivity index (χ4n) is 2.44. The number of pyridine rings is 1. The van der Waals surface area contributed by atoms with E-state index in [1.807, 2.05) is 12.1 Å². The summed E-state index contributed by atoms with van der Waals surface area (Å²) in [5, 5.41) is 0.634. The smallest absolute Gasteiger partial charge is 0.358 e. The summed E-state index contributed by atoms with van der Waals surface area (Å²) in [5.74, 6) is 0.986. The second-order valence-electron chi connectivity index (χ2n) is 5.24. The molecule has 1 aliphatic carbocycles. The van der Waals surface area contributed by atoms with Gasteiger partial charge in [0.05, 0.1) is 5.39 Å². The van der Waals surface area contributed by atoms with Crippen molar-refractivity contribution in [2.45, 2.75) is 25.7 Å². The first-order valence-corrected chi connectivity index (χ1v) is 6.75. The van der Waals surface area contributed by atoms with E-state index in [0.717, 1.165) is 18.5 Å². The molecule has 7 heteroatoms. The number of aromatic nitrogens is 4. The number of hydrogen-bond donors (Lipinski definition) is 1. The van der Waals surface area contributed by atoms with E-state index in [1.54, 1.807) is 6.92 Å². The van der Waals surface area contributed by atoms with Gasteiger partial charge in [-0.1, -0.05) is 0 Å². The number of nitrogen functional groups attached to an aromatic ring is 1. The highest BCUT2D eigenvalue weighted by molar-refractivity contribution is 5.86. The quantitative estimate of drug-likeness (QED) is 0.765. The number of fused-ring (bicyclic) bond motifs is 1. The lowest BCUT2D eigenvalue weighted by Gasteiger charge is -2.09. The summed E-state index contributed by atoms with van der Waals surface area (Å²) < 4.78 is 6.66. The zero-order valence-electron chi connectivity index (χ0n) is 11.4. The summed E-state index contributed by atoms with van der Waals surface area (Å²) in [5.41, 5.74) is 7.38. The number of nitrogens with two attached hydrogens (primary N) is 1. The molecule has 0 unspecified atom stereocenters. The van der Waals surface area contributed by atoms with Gasteiger partial charge in [0.25, 0.3) is 0 Å². The maximum absolute atomic E-state index is 12.2. The van der Waals surface area contributed by atoms with Crippen LogP contribution >= 0.6 is 0 Å². The third kappa shape index (κ3) is 1.81. The Bertz CT molecular complexity index is 907. The first-order valence-electron chi connectivity index (χ1n) is 6.75. The van der Waals surface area contributed by atoms with Gasteiger partial charge in [-0.15, -0.1) is 0 Å². The molecule has 0 radical (unpaired) electrons. The first-order chi connectivity index (χ1) is 10.1. The topological polar surface area (TPSA) is 99.8 Å². The predicted octanol–water partition coefficient (Wildman–Crippen LogP) is 1.54. The SMILES string of the molecule is Cc1ncoc1-n1c(=O)nc(N)c2ccc(C3CC3)nc21. The number of oxazole rings is 1. The van der Waals surface area contributed by atoms with Gasteiger partial charge in [0, 0.05) is 11.6 Å². The van der Waals surface area contributed by atoms with Crippen molar-refractivity contribution in [2.75, 3.05) is 5.73 Å². The third-order valence-electron chi connectivity index (χ3n) is 3.71. The van der Waals surface area contributed by atoms with Crippen molar-refractivity contribution in [2.24, 2.45) is 0 Å². The van der Waals surface area contributed by atoms with Crippen LogP contribution in [0.1, 0.15) is 30.1 Å². The van der Waals surface area contributed by atoms with Crippen molar-refractivity contribution in [3.05, 3.63) is 40.4 Å². The zero-order valence-corrected chi connectivity index (χ0v) is 11.4. The molecule has 7 nitrogen and oxygen atoms in total. The molecule has 0 bridgehead atoms. The van der Waals surface area contributed by atoms with Crippen molar-refractivity contribution in [1.29, 1.82) is 0 Å². The Morgan fingerprint density at radius 3 is 2.81 bits per heavy atom. The molecule has 106 valence electrons. The normalized spacial score (nSPS) is 14.7. The molecule has 3 aromatic rings. The Morgan fingerprint density at radius 2 is 2.14 bits per heavy atom. The second-order valence-corrected chi connectivity index (χ2v) is 5.24. The molecule has 0 saturated heterocycles. The Morgan fingerprint density at radius 1 is 1.33 bits per heavy atom. The van der Waals surface area contributed by atoms with E-state index < -0.39 is 5.69 Å². The number of anilines is 1. The van der Waals surface area contributed by atoms with Crippen LogP contribution in [0.25, 0.3) is 16.9 Å². The molecule has 3 aromatic heterocycles. The number of hydrogen-bond acceptors (Lipinski definition) is 6. The maximum Gasteiger partial charge on any atom is 0.358 e. The van der Waals surface area contributed by atoms with E-state index in [2.05, 4.69) is 15.0 Å². The molecule has 0 aromatic carbocycles. The zero-order chi connectivity index (χ0) is 14.6. The summed E-state index contributed by atoms with van der Waals surface area (Å²) >= 11 is 0. The van der Waals surface area contributed by atoms with Gasteiger partial charge in [0.1, 0.15) is 11.5 Å². The van der Waals surface area contributed by atoms with Crippen molar-refractivity contribution in [3.8, 4) is 5.88 Å². The summed E-state index contributed by atoms with van der Waals surface area (Å²) in [6.45, 7) is 1.76. The highest BCUT2D eigenvalue weighted by atomic mass is 16.4. The Labute approximate surface area is 119 Å². The van der Waals surface area contributed by atoms with Crippen LogP contribution in [0.4, 0.5) is 5.82 Å². The lowest BCUT2D eigenvalue weighted by Crippen LogP contribution is -2.24. The molecular formula is C14H13N5O2. The van der Waals surface area contributed by atoms with Crippen LogP contribution in [-0.4, -0.2) is 19.5 Å².